The summed E-state index contributed by atoms with van der Waals surface area (Å²) in [5, 5.41) is 18.7. The van der Waals surface area contributed by atoms with Crippen LogP contribution >= 0.6 is 0 Å². The van der Waals surface area contributed by atoms with Crippen molar-refractivity contribution in [2.24, 2.45) is 0 Å². The molecule has 0 bridgehead atoms. The van der Waals surface area contributed by atoms with Gasteiger partial charge in [0.15, 0.2) is 11.9 Å². The number of halogens is 1. The van der Waals surface area contributed by atoms with E-state index in [1.54, 1.807) is 0 Å². The highest BCUT2D eigenvalue weighted by molar-refractivity contribution is 5.90. The Hall–Kier alpha value is -3.82. The molecule has 2 aromatic carbocycles. The summed E-state index contributed by atoms with van der Waals surface area (Å²) in [4.78, 5) is 22.7. The molecule has 0 saturated heterocycles. The van der Waals surface area contributed by atoms with Crippen molar-refractivity contribution in [2.45, 2.75) is 13.0 Å². The molecule has 0 N–H and O–H groups in total. The van der Waals surface area contributed by atoms with Gasteiger partial charge in [0.1, 0.15) is 5.82 Å². The molecule has 0 aliphatic carbocycles. The Morgan fingerprint density at radius 2 is 1.93 bits per heavy atom. The van der Waals surface area contributed by atoms with E-state index in [-0.39, 0.29) is 28.8 Å². The van der Waals surface area contributed by atoms with E-state index in [1.807, 2.05) is 0 Å². The minimum Gasteiger partial charge on any atom is -0.490 e. The Bertz CT molecular complexity index is 1020. The van der Waals surface area contributed by atoms with Crippen LogP contribution in [0.4, 0.5) is 10.1 Å². The molecule has 0 aliphatic rings. The highest BCUT2D eigenvalue weighted by atomic mass is 19.1. The average Bonchev–Trinajstić information content (AvgIpc) is 3.18. The number of nitrogens with zero attached hydrogens (tertiary/aromatic N) is 3. The number of ether oxygens (including phenoxy) is 2. The first-order valence-corrected chi connectivity index (χ1v) is 8.01. The number of carbonyl (C=O) groups excluding carboxylic acids is 1. The standard InChI is InChI=1S/C18H14FN3O6/c1-10(16-20-21-17(28-16)11-3-6-13(19)7-4-11)27-18(23)12-5-8-15(26-2)14(9-12)22(24)25/h3-10H,1-2H3/t10-/m0/s1. The van der Waals surface area contributed by atoms with Crippen molar-refractivity contribution in [3.63, 3.8) is 0 Å². The number of aromatic nitrogens is 2. The van der Waals surface area contributed by atoms with Crippen molar-refractivity contribution in [3.8, 4) is 17.2 Å². The minimum atomic E-state index is -0.907. The molecule has 0 saturated carbocycles. The van der Waals surface area contributed by atoms with E-state index in [0.29, 0.717) is 5.56 Å². The molecule has 10 heteroatoms. The maximum atomic E-state index is 13.0. The van der Waals surface area contributed by atoms with Gasteiger partial charge in [-0.1, -0.05) is 0 Å². The van der Waals surface area contributed by atoms with Gasteiger partial charge in [0.05, 0.1) is 17.6 Å². The molecule has 0 fully saturated rings. The summed E-state index contributed by atoms with van der Waals surface area (Å²) in [6.07, 6.45) is -0.907. The summed E-state index contributed by atoms with van der Waals surface area (Å²) in [6.45, 7) is 1.51. The molecule has 0 radical (unpaired) electrons. The van der Waals surface area contributed by atoms with Crippen LogP contribution in [0.25, 0.3) is 11.5 Å². The first-order chi connectivity index (χ1) is 13.4. The number of esters is 1. The normalized spacial score (nSPS) is 11.7. The molecule has 0 unspecified atom stereocenters. The van der Waals surface area contributed by atoms with Crippen LogP contribution in [-0.2, 0) is 4.74 Å². The van der Waals surface area contributed by atoms with Gasteiger partial charge in [0.25, 0.3) is 5.89 Å². The molecule has 144 valence electrons. The quantitative estimate of drug-likeness (QED) is 0.357. The highest BCUT2D eigenvalue weighted by Crippen LogP contribution is 2.29. The van der Waals surface area contributed by atoms with Crippen molar-refractivity contribution in [2.75, 3.05) is 7.11 Å². The van der Waals surface area contributed by atoms with Gasteiger partial charge in [0.2, 0.25) is 5.89 Å². The van der Waals surface area contributed by atoms with E-state index >= 15 is 0 Å². The highest BCUT2D eigenvalue weighted by Gasteiger charge is 2.23. The third-order valence-electron chi connectivity index (χ3n) is 3.77. The molecule has 0 aliphatic heterocycles. The van der Waals surface area contributed by atoms with Crippen LogP contribution in [0.5, 0.6) is 5.75 Å². The first-order valence-electron chi connectivity index (χ1n) is 8.01. The van der Waals surface area contributed by atoms with Gasteiger partial charge < -0.3 is 13.9 Å². The summed E-state index contributed by atoms with van der Waals surface area (Å²) >= 11 is 0. The lowest BCUT2D eigenvalue weighted by molar-refractivity contribution is -0.385. The van der Waals surface area contributed by atoms with Crippen LogP contribution in [0.3, 0.4) is 0 Å². The maximum absolute atomic E-state index is 13.0. The van der Waals surface area contributed by atoms with Crippen molar-refractivity contribution in [1.29, 1.82) is 0 Å². The molecule has 3 aromatic rings. The van der Waals surface area contributed by atoms with Crippen LogP contribution in [0.15, 0.2) is 46.9 Å². The topological polar surface area (TPSA) is 118 Å². The van der Waals surface area contributed by atoms with Crippen molar-refractivity contribution in [3.05, 3.63) is 69.9 Å². The number of rotatable bonds is 6. The van der Waals surface area contributed by atoms with E-state index in [0.717, 1.165) is 6.07 Å². The number of hydrogen-bond acceptors (Lipinski definition) is 8. The third kappa shape index (κ3) is 3.95. The van der Waals surface area contributed by atoms with E-state index < -0.39 is 22.8 Å². The van der Waals surface area contributed by atoms with Gasteiger partial charge in [-0.15, -0.1) is 10.2 Å². The smallest absolute Gasteiger partial charge is 0.339 e. The summed E-state index contributed by atoms with van der Waals surface area (Å²) in [7, 11) is 1.29. The van der Waals surface area contributed by atoms with Gasteiger partial charge in [-0.25, -0.2) is 9.18 Å². The van der Waals surface area contributed by atoms with Crippen molar-refractivity contribution < 1.29 is 28.0 Å². The van der Waals surface area contributed by atoms with Crippen LogP contribution in [0.2, 0.25) is 0 Å². The Morgan fingerprint density at radius 1 is 1.21 bits per heavy atom. The SMILES string of the molecule is COc1ccc(C(=O)O[C@@H](C)c2nnc(-c3ccc(F)cc3)o2)cc1[N+](=O)[O-]. The lowest BCUT2D eigenvalue weighted by Crippen LogP contribution is -2.10. The Balaban J connectivity index is 1.75. The van der Waals surface area contributed by atoms with E-state index in [9.17, 15) is 19.3 Å². The average molecular weight is 387 g/mol. The largest absolute Gasteiger partial charge is 0.490 e. The molecule has 0 spiro atoms. The molecule has 0 amide bonds. The predicted octanol–water partition coefficient (Wildman–Crippen LogP) is 3.71. The second-order valence-corrected chi connectivity index (χ2v) is 5.64. The summed E-state index contributed by atoms with van der Waals surface area (Å²) in [5.74, 6) is -1.02. The lowest BCUT2D eigenvalue weighted by atomic mass is 10.2. The maximum Gasteiger partial charge on any atom is 0.339 e. The van der Waals surface area contributed by atoms with Gasteiger partial charge in [0, 0.05) is 11.6 Å². The molecule has 3 rings (SSSR count). The number of nitro benzene ring substituents is 1. The molecule has 1 heterocycles. The fraction of sp³-hybridized carbons (Fsp3) is 0.167. The number of hydrogen-bond donors (Lipinski definition) is 0. The second-order valence-electron chi connectivity index (χ2n) is 5.64. The number of methoxy groups -OCH3 is 1. The van der Waals surface area contributed by atoms with Gasteiger partial charge in [-0.05, 0) is 43.3 Å². The van der Waals surface area contributed by atoms with Crippen LogP contribution < -0.4 is 4.74 Å². The predicted molar refractivity (Wildman–Crippen MR) is 93.2 cm³/mol. The molecule has 28 heavy (non-hydrogen) atoms. The zero-order valence-corrected chi connectivity index (χ0v) is 14.8. The zero-order valence-electron chi connectivity index (χ0n) is 14.8. The Labute approximate surface area is 157 Å². The summed E-state index contributed by atoms with van der Waals surface area (Å²) in [6, 6.07) is 9.15. The molecule has 9 nitrogen and oxygen atoms in total. The van der Waals surface area contributed by atoms with Crippen LogP contribution in [0.1, 0.15) is 29.3 Å². The zero-order chi connectivity index (χ0) is 20.3. The number of benzene rings is 2. The lowest BCUT2D eigenvalue weighted by Gasteiger charge is -2.10. The molecule has 1 aromatic heterocycles. The number of nitro groups is 1. The molecular formula is C18H14FN3O6. The second kappa shape index (κ2) is 7.82. The monoisotopic (exact) mass is 387 g/mol. The van der Waals surface area contributed by atoms with Crippen molar-refractivity contribution >= 4 is 11.7 Å². The Morgan fingerprint density at radius 3 is 2.57 bits per heavy atom. The molecule has 1 atom stereocenters. The summed E-state index contributed by atoms with van der Waals surface area (Å²) in [5.41, 5.74) is 0.114. The van der Waals surface area contributed by atoms with Gasteiger partial charge >= 0.3 is 11.7 Å². The van der Waals surface area contributed by atoms with E-state index in [4.69, 9.17) is 13.9 Å². The molecular weight excluding hydrogens is 373 g/mol. The minimum absolute atomic E-state index is 0.0236. The number of carbonyl (C=O) groups is 1. The van der Waals surface area contributed by atoms with Gasteiger partial charge in [-0.3, -0.25) is 10.1 Å². The van der Waals surface area contributed by atoms with E-state index in [2.05, 4.69) is 10.2 Å². The van der Waals surface area contributed by atoms with Crippen molar-refractivity contribution in [1.82, 2.24) is 10.2 Å². The third-order valence-corrected chi connectivity index (χ3v) is 3.77. The first kappa shape index (κ1) is 19.0. The summed E-state index contributed by atoms with van der Waals surface area (Å²) < 4.78 is 28.6. The van der Waals surface area contributed by atoms with E-state index in [1.165, 1.54) is 50.4 Å². The fourth-order valence-corrected chi connectivity index (χ4v) is 2.35. The Kier molecular flexibility index (Phi) is 5.30. The fourth-order valence-electron chi connectivity index (χ4n) is 2.35. The van der Waals surface area contributed by atoms with Crippen LogP contribution in [0, 0.1) is 15.9 Å². The van der Waals surface area contributed by atoms with Gasteiger partial charge in [-0.2, -0.15) is 0 Å². The van der Waals surface area contributed by atoms with Crippen LogP contribution in [-0.4, -0.2) is 28.2 Å².